The maximum Gasteiger partial charge on any atom is 0.249 e. The van der Waals surface area contributed by atoms with Gasteiger partial charge in [0.1, 0.15) is 12.1 Å². The van der Waals surface area contributed by atoms with Crippen molar-refractivity contribution in [3.63, 3.8) is 0 Å². The molecule has 0 aliphatic heterocycles. The van der Waals surface area contributed by atoms with Gasteiger partial charge in [-0.3, -0.25) is 19.6 Å². The predicted molar refractivity (Wildman–Crippen MR) is 155 cm³/mol. The Labute approximate surface area is 236 Å². The van der Waals surface area contributed by atoms with Gasteiger partial charge in [0.25, 0.3) is 0 Å². The second kappa shape index (κ2) is 13.8. The number of hydrogen-bond donors (Lipinski definition) is 3. The fourth-order valence-corrected chi connectivity index (χ4v) is 5.00. The van der Waals surface area contributed by atoms with E-state index >= 15 is 0 Å². The fraction of sp³-hybridized carbons (Fsp3) is 0.310. The number of hydrogen-bond acceptors (Lipinski definition) is 7. The molecule has 2 heterocycles. The molecule has 3 aromatic rings. The van der Waals surface area contributed by atoms with Gasteiger partial charge in [-0.15, -0.1) is 11.3 Å². The summed E-state index contributed by atoms with van der Waals surface area (Å²) in [5.41, 5.74) is 1.83. The van der Waals surface area contributed by atoms with Crippen LogP contribution in [0.3, 0.4) is 0 Å². The summed E-state index contributed by atoms with van der Waals surface area (Å²) in [7, 11) is 0. The average molecular weight is 565 g/mol. The van der Waals surface area contributed by atoms with Crippen molar-refractivity contribution in [1.82, 2.24) is 15.4 Å². The number of thiazole rings is 1. The van der Waals surface area contributed by atoms with Gasteiger partial charge in [0.05, 0.1) is 5.92 Å². The quantitative estimate of drug-likeness (QED) is 0.138. The van der Waals surface area contributed by atoms with Gasteiger partial charge in [-0.2, -0.15) is 11.3 Å². The van der Waals surface area contributed by atoms with Crippen molar-refractivity contribution >= 4 is 52.1 Å². The van der Waals surface area contributed by atoms with Gasteiger partial charge in [0, 0.05) is 22.5 Å². The summed E-state index contributed by atoms with van der Waals surface area (Å²) < 4.78 is 0. The summed E-state index contributed by atoms with van der Waals surface area (Å²) in [6.07, 6.45) is 3.93. The summed E-state index contributed by atoms with van der Waals surface area (Å²) in [6.45, 7) is 7.39. The Morgan fingerprint density at radius 2 is 1.90 bits per heavy atom. The summed E-state index contributed by atoms with van der Waals surface area (Å²) >= 11 is 2.73. The molecule has 3 rings (SSSR count). The van der Waals surface area contributed by atoms with Crippen molar-refractivity contribution in [1.29, 1.82) is 0 Å². The zero-order valence-corrected chi connectivity index (χ0v) is 23.9. The first-order valence-corrected chi connectivity index (χ1v) is 14.1. The third-order valence-corrected chi connectivity index (χ3v) is 7.20. The van der Waals surface area contributed by atoms with Crippen molar-refractivity contribution in [2.75, 3.05) is 5.32 Å². The second-order valence-electron chi connectivity index (χ2n) is 10.1. The molecule has 0 unspecified atom stereocenters. The molecular formula is C29H32N4O4S2. The van der Waals surface area contributed by atoms with E-state index in [1.807, 2.05) is 80.9 Å². The molecule has 204 valence electrons. The lowest BCUT2D eigenvalue weighted by Crippen LogP contribution is -2.55. The molecule has 0 bridgehead atoms. The van der Waals surface area contributed by atoms with Gasteiger partial charge < -0.3 is 10.6 Å². The number of amides is 3. The van der Waals surface area contributed by atoms with Crippen LogP contribution in [-0.4, -0.2) is 45.6 Å². The third-order valence-electron chi connectivity index (χ3n) is 5.83. The highest BCUT2D eigenvalue weighted by Gasteiger charge is 2.38. The van der Waals surface area contributed by atoms with Crippen molar-refractivity contribution in [3.05, 3.63) is 75.4 Å². The standard InChI is InChI=1S/C29H32N4O4S2/c1-20(16-21-8-6-5-7-9-21)17-23(24(33(37)19-34)11-10-22-12-14-38-18-22)26(35)31-25(29(2,3)4)27(36)32-28-30-13-15-39-28/h5-9,12-16,18-19,23-25,37H,17H2,1-4H3,(H,31,35)(H,30,32,36)/t23-,24+,25-/m1/s1. The Morgan fingerprint density at radius 1 is 1.15 bits per heavy atom. The first-order chi connectivity index (χ1) is 18.6. The summed E-state index contributed by atoms with van der Waals surface area (Å²) in [6, 6.07) is 9.34. The highest BCUT2D eigenvalue weighted by molar-refractivity contribution is 7.13. The van der Waals surface area contributed by atoms with E-state index in [-0.39, 0.29) is 12.8 Å². The number of nitrogens with one attached hydrogen (secondary N) is 2. The van der Waals surface area contributed by atoms with Crippen molar-refractivity contribution in [2.45, 2.75) is 46.2 Å². The van der Waals surface area contributed by atoms with Crippen LogP contribution in [0, 0.1) is 23.2 Å². The normalized spacial score (nSPS) is 13.8. The van der Waals surface area contributed by atoms with Crippen LogP contribution >= 0.6 is 22.7 Å². The Bertz CT molecular complexity index is 1320. The lowest BCUT2D eigenvalue weighted by Gasteiger charge is -2.33. The summed E-state index contributed by atoms with van der Waals surface area (Å²) in [5, 5.41) is 22.4. The number of nitrogens with zero attached hydrogens (tertiary/aromatic N) is 2. The number of rotatable bonds is 10. The van der Waals surface area contributed by atoms with E-state index in [0.717, 1.165) is 11.1 Å². The van der Waals surface area contributed by atoms with Crippen LogP contribution in [0.5, 0.6) is 0 Å². The minimum Gasteiger partial charge on any atom is -0.343 e. The smallest absolute Gasteiger partial charge is 0.249 e. The van der Waals surface area contributed by atoms with Crippen LogP contribution in [0.1, 0.15) is 45.2 Å². The topological polar surface area (TPSA) is 112 Å². The largest absolute Gasteiger partial charge is 0.343 e. The second-order valence-corrected chi connectivity index (χ2v) is 11.7. The summed E-state index contributed by atoms with van der Waals surface area (Å²) in [5.74, 6) is 3.93. The monoisotopic (exact) mass is 564 g/mol. The molecule has 0 saturated heterocycles. The molecule has 1 aromatic carbocycles. The van der Waals surface area contributed by atoms with E-state index in [4.69, 9.17) is 0 Å². The highest BCUT2D eigenvalue weighted by atomic mass is 32.1. The molecule has 2 aromatic heterocycles. The minimum absolute atomic E-state index is 0.180. The van der Waals surface area contributed by atoms with Gasteiger partial charge in [-0.1, -0.05) is 74.6 Å². The van der Waals surface area contributed by atoms with Gasteiger partial charge in [0.2, 0.25) is 18.2 Å². The molecule has 39 heavy (non-hydrogen) atoms. The lowest BCUT2D eigenvalue weighted by atomic mass is 9.84. The van der Waals surface area contributed by atoms with E-state index in [0.29, 0.717) is 15.8 Å². The number of aromatic nitrogens is 1. The predicted octanol–water partition coefficient (Wildman–Crippen LogP) is 5.05. The zero-order chi connectivity index (χ0) is 28.4. The van der Waals surface area contributed by atoms with Crippen LogP contribution in [-0.2, 0) is 14.4 Å². The molecule has 3 N–H and O–H groups in total. The number of thiophene rings is 1. The molecule has 0 spiro atoms. The maximum atomic E-state index is 13.9. The Hall–Kier alpha value is -3.78. The van der Waals surface area contributed by atoms with E-state index in [2.05, 4.69) is 27.5 Å². The van der Waals surface area contributed by atoms with Crippen LogP contribution in [0.2, 0.25) is 0 Å². The molecule has 3 atom stereocenters. The highest BCUT2D eigenvalue weighted by Crippen LogP contribution is 2.25. The van der Waals surface area contributed by atoms with Crippen LogP contribution in [0.25, 0.3) is 6.08 Å². The number of anilines is 1. The first kappa shape index (κ1) is 29.8. The lowest BCUT2D eigenvalue weighted by molar-refractivity contribution is -0.162. The minimum atomic E-state index is -1.16. The first-order valence-electron chi connectivity index (χ1n) is 12.3. The maximum absolute atomic E-state index is 13.9. The van der Waals surface area contributed by atoms with Crippen molar-refractivity contribution in [2.24, 2.45) is 11.3 Å². The number of allylic oxidation sites excluding steroid dienone is 1. The Morgan fingerprint density at radius 3 is 2.49 bits per heavy atom. The molecule has 8 nitrogen and oxygen atoms in total. The number of benzene rings is 1. The average Bonchev–Trinajstić information content (AvgIpc) is 3.60. The zero-order valence-electron chi connectivity index (χ0n) is 22.3. The Kier molecular flexibility index (Phi) is 10.6. The summed E-state index contributed by atoms with van der Waals surface area (Å²) in [4.78, 5) is 42.8. The molecule has 0 saturated carbocycles. The van der Waals surface area contributed by atoms with E-state index < -0.39 is 35.2 Å². The molecule has 0 fully saturated rings. The van der Waals surface area contributed by atoms with Gasteiger partial charge in [0.15, 0.2) is 5.13 Å². The van der Waals surface area contributed by atoms with Crippen molar-refractivity contribution in [3.8, 4) is 11.8 Å². The van der Waals surface area contributed by atoms with Crippen LogP contribution in [0.15, 0.2) is 64.3 Å². The van der Waals surface area contributed by atoms with E-state index in [1.54, 1.807) is 11.6 Å². The van der Waals surface area contributed by atoms with Crippen LogP contribution < -0.4 is 10.6 Å². The fourth-order valence-electron chi connectivity index (χ4n) is 3.88. The van der Waals surface area contributed by atoms with Gasteiger partial charge >= 0.3 is 0 Å². The third kappa shape index (κ3) is 8.89. The van der Waals surface area contributed by atoms with E-state index in [9.17, 15) is 19.6 Å². The molecule has 3 amide bonds. The number of carbonyl (C=O) groups excluding carboxylic acids is 3. The molecule has 0 aliphatic carbocycles. The Balaban J connectivity index is 1.96. The van der Waals surface area contributed by atoms with Crippen LogP contribution in [0.4, 0.5) is 5.13 Å². The molecule has 0 aliphatic rings. The van der Waals surface area contributed by atoms with Gasteiger partial charge in [-0.25, -0.2) is 10.0 Å². The van der Waals surface area contributed by atoms with Gasteiger partial charge in [-0.05, 0) is 35.8 Å². The SMILES string of the molecule is CC(=Cc1ccccc1)C[C@@H](C(=O)N[C@H](C(=O)Nc1nccs1)C(C)(C)C)[C@H](C#Cc1ccsc1)N(O)C=O. The molecule has 0 radical (unpaired) electrons. The van der Waals surface area contributed by atoms with Crippen molar-refractivity contribution < 1.29 is 19.6 Å². The molecule has 10 heteroatoms. The number of carbonyl (C=O) groups is 3. The molecular weight excluding hydrogens is 532 g/mol. The number of hydroxylamine groups is 2. The van der Waals surface area contributed by atoms with E-state index in [1.165, 1.54) is 22.7 Å².